The Morgan fingerprint density at radius 1 is 0.516 bits per heavy atom. The highest BCUT2D eigenvalue weighted by molar-refractivity contribution is 5.99. The van der Waals surface area contributed by atoms with Gasteiger partial charge < -0.3 is 65.4 Å². The summed E-state index contributed by atoms with van der Waals surface area (Å²) in [6, 6.07) is -3.53. The lowest BCUT2D eigenvalue weighted by molar-refractivity contribution is -0.157. The van der Waals surface area contributed by atoms with Crippen molar-refractivity contribution in [3.05, 3.63) is 54.1 Å². The van der Waals surface area contributed by atoms with E-state index in [9.17, 15) is 43.5 Å². The average molecular weight is 1310 g/mol. The lowest BCUT2D eigenvalue weighted by Crippen LogP contribution is -2.63. The van der Waals surface area contributed by atoms with Crippen LogP contribution in [0.2, 0.25) is 0 Å². The van der Waals surface area contributed by atoms with Gasteiger partial charge in [0.1, 0.15) is 60.4 Å². The first-order chi connectivity index (χ1) is 43.3. The number of aliphatic hydroxyl groups is 1. The van der Waals surface area contributed by atoms with Crippen molar-refractivity contribution in [3.8, 4) is 0 Å². The van der Waals surface area contributed by atoms with E-state index in [0.717, 1.165) is 20.3 Å². The van der Waals surface area contributed by atoms with Crippen molar-refractivity contribution in [2.75, 3.05) is 62.5 Å². The Morgan fingerprint density at radius 2 is 1.00 bits per heavy atom. The molecule has 24 nitrogen and oxygen atoms in total. The number of carbonyl (C=O) groups is 11. The number of aliphatic hydroxyl groups excluding tert-OH is 1. The fourth-order valence-corrected chi connectivity index (χ4v) is 11.5. The Kier molecular flexibility index (Phi) is 33.7. The first-order valence-electron chi connectivity index (χ1n) is 33.0. The summed E-state index contributed by atoms with van der Waals surface area (Å²) in [4.78, 5) is 170. The van der Waals surface area contributed by atoms with Crippen molar-refractivity contribution in [2.45, 2.75) is 216 Å². The van der Waals surface area contributed by atoms with Crippen molar-refractivity contribution >= 4 is 71.1 Å². The molecular weight excluding hydrogens is 1190 g/mol. The molecule has 524 valence electrons. The molecule has 1 saturated heterocycles. The normalized spacial score (nSPS) is 25.9. The van der Waals surface area contributed by atoms with Gasteiger partial charge in [-0.05, 0) is 101 Å². The lowest BCUT2D eigenvalue weighted by Gasteiger charge is -2.41. The Labute approximate surface area is 554 Å². The second kappa shape index (κ2) is 38.2. The van der Waals surface area contributed by atoms with Crippen molar-refractivity contribution in [3.63, 3.8) is 0 Å². The largest absolute Gasteiger partial charge is 0.390 e. The number of nitrogens with one attached hydrogen (secondary N) is 4. The van der Waals surface area contributed by atoms with Crippen LogP contribution in [0.3, 0.4) is 0 Å². The van der Waals surface area contributed by atoms with Gasteiger partial charge in [-0.3, -0.25) is 52.7 Å². The maximum atomic E-state index is 15.2. The molecule has 1 aromatic rings. The van der Waals surface area contributed by atoms with Crippen LogP contribution in [0.1, 0.15) is 148 Å². The minimum absolute atomic E-state index is 0.00420. The van der Waals surface area contributed by atoms with Crippen molar-refractivity contribution in [2.24, 2.45) is 35.5 Å². The fraction of sp³-hybridized carbons (Fsp3) is 0.696. The third-order valence-electron chi connectivity index (χ3n) is 17.3. The second-order valence-electron chi connectivity index (χ2n) is 27.2. The predicted octanol–water partition coefficient (Wildman–Crippen LogP) is 4.34. The van der Waals surface area contributed by atoms with E-state index in [2.05, 4.69) is 21.3 Å². The van der Waals surface area contributed by atoms with E-state index in [1.165, 1.54) is 82.8 Å². The first-order valence-corrected chi connectivity index (χ1v) is 33.0. The number of allylic oxidation sites excluding steroid dienone is 2. The van der Waals surface area contributed by atoms with Gasteiger partial charge >= 0.3 is 0 Å². The van der Waals surface area contributed by atoms with Crippen LogP contribution in [0.25, 0.3) is 6.08 Å². The van der Waals surface area contributed by atoms with Crippen LogP contribution in [0.5, 0.6) is 0 Å². The Hall–Kier alpha value is -7.21. The first kappa shape index (κ1) is 81.9. The molecule has 0 aliphatic carbocycles. The number of hydrogen-bond acceptors (Lipinski definition) is 13. The summed E-state index contributed by atoms with van der Waals surface area (Å²) in [5.74, 6) is -10.2. The van der Waals surface area contributed by atoms with Gasteiger partial charge in [-0.2, -0.15) is 0 Å². The van der Waals surface area contributed by atoms with Crippen LogP contribution in [0.15, 0.2) is 48.6 Å². The Balaban J connectivity index is 3.01. The summed E-state index contributed by atoms with van der Waals surface area (Å²) in [6.45, 7) is 27.0. The molecule has 1 aliphatic heterocycles. The molecule has 1 aromatic carbocycles. The maximum absolute atomic E-state index is 15.2. The summed E-state index contributed by atoms with van der Waals surface area (Å²) < 4.78 is 6.21. The van der Waals surface area contributed by atoms with Crippen LogP contribution in [0, 0.1) is 35.5 Å². The molecule has 11 amide bonds. The maximum Gasteiger partial charge on any atom is 0.246 e. The van der Waals surface area contributed by atoms with Crippen molar-refractivity contribution in [1.82, 2.24) is 55.6 Å². The molecule has 24 heteroatoms. The van der Waals surface area contributed by atoms with E-state index in [0.29, 0.717) is 6.42 Å². The molecule has 0 unspecified atom stereocenters. The molecule has 0 radical (unpaired) electrons. The van der Waals surface area contributed by atoms with Gasteiger partial charge in [-0.25, -0.2) is 0 Å². The summed E-state index contributed by atoms with van der Waals surface area (Å²) >= 11 is 0. The second-order valence-corrected chi connectivity index (χ2v) is 27.2. The third-order valence-corrected chi connectivity index (χ3v) is 17.3. The fourth-order valence-electron chi connectivity index (χ4n) is 11.5. The molecule has 0 bridgehead atoms. The van der Waals surface area contributed by atoms with Gasteiger partial charge in [-0.1, -0.05) is 138 Å². The summed E-state index contributed by atoms with van der Waals surface area (Å²) in [5.41, 5.74) is 0.884. The number of likely N-dealkylation sites (N-methyl/N-ethyl adjacent to an activating group) is 7. The molecule has 13 atom stereocenters. The average Bonchev–Trinajstić information content (AvgIpc) is 0.818. The molecule has 0 spiro atoms. The number of carbonyl (C=O) groups excluding carboxylic acids is 11. The molecule has 1 aliphatic rings. The molecule has 1 heterocycles. The zero-order valence-electron chi connectivity index (χ0n) is 60.0. The van der Waals surface area contributed by atoms with Crippen LogP contribution in [-0.2, 0) is 57.5 Å². The number of nitrogens with zero attached hydrogens (tertiary/aromatic N) is 7. The molecule has 93 heavy (non-hydrogen) atoms. The molecular formula is C69H115N11O13. The highest BCUT2D eigenvalue weighted by Crippen LogP contribution is 2.26. The standard InChI is InChI=1S/C69H115N11O13/c1-24-26-31-45(13)59(82)58-63(86)72-50(25-2)65(88)74(17)39-54(81)78(21)57(48(16)93-35-30-34-49-32-28-27-29-33-49)62(85)73-55(43(9)10)68(91)75(18)51(36-40(3)4)61(84)70-46(14)60(83)71-47(15)64(87)76(19)52(37-41(5)6)66(89)77(20)53(38-42(7)8)67(90)79(22)56(44(11)12)69(92)80(58)23/h24,26-30,32-34,40-48,50-53,55-59,82H,25,31,35-39H2,1-23H3,(H,70,84)(H,71,83)(H,72,86)(H,73,85)/t45-,46+,47-,48-,50+,51+,52+,53-,55+,56+,57+,58+,59-/m1/s1. The molecule has 0 saturated carbocycles. The van der Waals surface area contributed by atoms with Gasteiger partial charge in [0.15, 0.2) is 0 Å². The summed E-state index contributed by atoms with van der Waals surface area (Å²) in [5, 5.41) is 23.2. The molecule has 1 fully saturated rings. The van der Waals surface area contributed by atoms with E-state index in [-0.39, 0.29) is 50.0 Å². The lowest BCUT2D eigenvalue weighted by atomic mass is 9.91. The van der Waals surface area contributed by atoms with Gasteiger partial charge in [0.05, 0.1) is 25.4 Å². The molecule has 2 rings (SSSR count). The van der Waals surface area contributed by atoms with Gasteiger partial charge in [-0.15, -0.1) is 0 Å². The monoisotopic (exact) mass is 1310 g/mol. The van der Waals surface area contributed by atoms with Crippen LogP contribution >= 0.6 is 0 Å². The van der Waals surface area contributed by atoms with Gasteiger partial charge in [0.25, 0.3) is 0 Å². The minimum Gasteiger partial charge on any atom is -0.390 e. The minimum atomic E-state index is -1.64. The number of benzene rings is 1. The summed E-state index contributed by atoms with van der Waals surface area (Å²) in [7, 11) is 9.80. The van der Waals surface area contributed by atoms with Crippen LogP contribution < -0.4 is 21.3 Å². The predicted molar refractivity (Wildman–Crippen MR) is 360 cm³/mol. The van der Waals surface area contributed by atoms with E-state index in [1.807, 2.05) is 78.0 Å². The van der Waals surface area contributed by atoms with Gasteiger partial charge in [0.2, 0.25) is 65.0 Å². The highest BCUT2D eigenvalue weighted by Gasteiger charge is 2.46. The van der Waals surface area contributed by atoms with Crippen molar-refractivity contribution in [1.29, 1.82) is 0 Å². The smallest absolute Gasteiger partial charge is 0.246 e. The van der Waals surface area contributed by atoms with Crippen LogP contribution in [-0.4, -0.2) is 239 Å². The molecule has 0 aromatic heterocycles. The van der Waals surface area contributed by atoms with Crippen molar-refractivity contribution < 1.29 is 62.6 Å². The Morgan fingerprint density at radius 3 is 1.51 bits per heavy atom. The van der Waals surface area contributed by atoms with Crippen LogP contribution in [0.4, 0.5) is 0 Å². The number of hydrogen-bond donors (Lipinski definition) is 5. The highest BCUT2D eigenvalue weighted by atomic mass is 16.5. The number of rotatable bonds is 18. The zero-order chi connectivity index (χ0) is 71.2. The Bertz CT molecular complexity index is 2740. The third kappa shape index (κ3) is 23.3. The SMILES string of the molecule is CC=CC[C@@H](C)[C@@H](O)[C@H]1C(=O)N[C@@H](CC)C(=O)N(C)CC(=O)N(C)[C@@H]([C@@H](C)OCC=Cc2ccccc2)C(=O)N[C@@H](C(C)C)C(=O)N(C)[C@@H](CC(C)C)C(=O)N[C@@H](C)C(=O)N[C@H](C)C(=O)N(C)[C@@H](CC(C)C)C(=O)N(C)[C@H](CC(C)C)C(=O)N(C)[C@@H](C(C)C)C(=O)N1C. The number of ether oxygens (including phenoxy) is 1. The van der Waals surface area contributed by atoms with Gasteiger partial charge in [0, 0.05) is 49.3 Å². The van der Waals surface area contributed by atoms with E-state index in [1.54, 1.807) is 73.6 Å². The zero-order valence-corrected chi connectivity index (χ0v) is 60.0. The van der Waals surface area contributed by atoms with E-state index < -0.39 is 162 Å². The van der Waals surface area contributed by atoms with E-state index in [4.69, 9.17) is 4.74 Å². The number of amides is 11. The quantitative estimate of drug-likeness (QED) is 0.128. The topological polar surface area (TPSA) is 288 Å². The summed E-state index contributed by atoms with van der Waals surface area (Å²) in [6.07, 6.45) is 5.27. The molecule has 5 N–H and O–H groups in total. The van der Waals surface area contributed by atoms with E-state index >= 15 is 14.4 Å².